The SMILES string of the molecule is CC1CCNC2CCC3(CCCC3)CC2S1(=O)=O. The smallest absolute Gasteiger partial charge is 0.157 e. The maximum absolute atomic E-state index is 12.7. The zero-order valence-electron chi connectivity index (χ0n) is 11.3. The summed E-state index contributed by atoms with van der Waals surface area (Å²) in [4.78, 5) is 0. The van der Waals surface area contributed by atoms with Crippen molar-refractivity contribution in [2.45, 2.75) is 74.8 Å². The summed E-state index contributed by atoms with van der Waals surface area (Å²) < 4.78 is 25.3. The van der Waals surface area contributed by atoms with Gasteiger partial charge in [-0.1, -0.05) is 12.8 Å². The van der Waals surface area contributed by atoms with Gasteiger partial charge in [-0.25, -0.2) is 8.42 Å². The molecule has 0 aromatic rings. The van der Waals surface area contributed by atoms with Gasteiger partial charge in [0, 0.05) is 6.04 Å². The van der Waals surface area contributed by atoms with E-state index in [1.165, 1.54) is 32.1 Å². The van der Waals surface area contributed by atoms with E-state index >= 15 is 0 Å². The van der Waals surface area contributed by atoms with Crippen LogP contribution in [0.1, 0.15) is 58.3 Å². The molecule has 2 aliphatic carbocycles. The number of hydrogen-bond acceptors (Lipinski definition) is 3. The first-order valence-electron chi connectivity index (χ1n) is 7.50. The third kappa shape index (κ3) is 2.01. The molecule has 0 aromatic carbocycles. The van der Waals surface area contributed by atoms with Crippen molar-refractivity contribution in [2.75, 3.05) is 6.54 Å². The van der Waals surface area contributed by atoms with Crippen LogP contribution < -0.4 is 5.32 Å². The molecule has 1 spiro atoms. The van der Waals surface area contributed by atoms with Crippen LogP contribution in [0, 0.1) is 5.41 Å². The van der Waals surface area contributed by atoms with Gasteiger partial charge in [-0.2, -0.15) is 0 Å². The van der Waals surface area contributed by atoms with Gasteiger partial charge < -0.3 is 5.32 Å². The highest BCUT2D eigenvalue weighted by Gasteiger charge is 2.49. The minimum Gasteiger partial charge on any atom is -0.313 e. The summed E-state index contributed by atoms with van der Waals surface area (Å²) in [6.45, 7) is 2.77. The molecule has 3 nitrogen and oxygen atoms in total. The van der Waals surface area contributed by atoms with E-state index in [0.717, 1.165) is 25.8 Å². The standard InChI is InChI=1S/C14H25NO2S/c1-11-5-9-15-12-4-8-14(6-2-3-7-14)10-13(12)18(11,16)17/h11-13,15H,2-10H2,1H3. The molecule has 1 aliphatic heterocycles. The van der Waals surface area contributed by atoms with Crippen LogP contribution in [-0.2, 0) is 9.84 Å². The lowest BCUT2D eigenvalue weighted by Crippen LogP contribution is -2.50. The van der Waals surface area contributed by atoms with Crippen LogP contribution in [0.5, 0.6) is 0 Å². The first-order chi connectivity index (χ1) is 8.54. The van der Waals surface area contributed by atoms with Gasteiger partial charge in [-0.05, 0) is 57.4 Å². The maximum Gasteiger partial charge on any atom is 0.157 e. The van der Waals surface area contributed by atoms with E-state index in [4.69, 9.17) is 0 Å². The summed E-state index contributed by atoms with van der Waals surface area (Å²) in [6, 6.07) is 0.228. The Labute approximate surface area is 111 Å². The van der Waals surface area contributed by atoms with Crippen molar-refractivity contribution in [3.8, 4) is 0 Å². The number of rotatable bonds is 0. The predicted octanol–water partition coefficient (Wildman–Crippen LogP) is 2.26. The summed E-state index contributed by atoms with van der Waals surface area (Å²) in [5, 5.41) is 3.23. The molecule has 3 aliphatic rings. The second-order valence-corrected chi connectivity index (χ2v) is 9.33. The Balaban J connectivity index is 1.89. The molecule has 0 aromatic heterocycles. The first kappa shape index (κ1) is 12.9. The van der Waals surface area contributed by atoms with E-state index in [2.05, 4.69) is 5.32 Å². The van der Waals surface area contributed by atoms with Crippen LogP contribution in [0.2, 0.25) is 0 Å². The largest absolute Gasteiger partial charge is 0.313 e. The van der Waals surface area contributed by atoms with Crippen molar-refractivity contribution in [2.24, 2.45) is 5.41 Å². The van der Waals surface area contributed by atoms with Crippen molar-refractivity contribution in [1.82, 2.24) is 5.32 Å². The molecule has 2 saturated carbocycles. The molecule has 3 atom stereocenters. The lowest BCUT2D eigenvalue weighted by atomic mass is 9.71. The molecule has 18 heavy (non-hydrogen) atoms. The van der Waals surface area contributed by atoms with E-state index < -0.39 is 9.84 Å². The zero-order chi connectivity index (χ0) is 12.8. The summed E-state index contributed by atoms with van der Waals surface area (Å²) in [6.07, 6.45) is 9.16. The Morgan fingerprint density at radius 1 is 1.11 bits per heavy atom. The lowest BCUT2D eigenvalue weighted by Gasteiger charge is -2.42. The summed E-state index contributed by atoms with van der Waals surface area (Å²) >= 11 is 0. The molecule has 0 radical (unpaired) electrons. The molecule has 1 N–H and O–H groups in total. The van der Waals surface area contributed by atoms with E-state index in [1.807, 2.05) is 6.92 Å². The summed E-state index contributed by atoms with van der Waals surface area (Å²) in [7, 11) is -2.92. The maximum atomic E-state index is 12.7. The molecule has 0 bridgehead atoms. The van der Waals surface area contributed by atoms with Crippen LogP contribution in [0.3, 0.4) is 0 Å². The fourth-order valence-electron chi connectivity index (χ4n) is 4.41. The minimum atomic E-state index is -2.92. The Morgan fingerprint density at radius 3 is 2.56 bits per heavy atom. The van der Waals surface area contributed by atoms with Crippen LogP contribution in [-0.4, -0.2) is 31.5 Å². The summed E-state index contributed by atoms with van der Waals surface area (Å²) in [5.74, 6) is 0. The Bertz CT molecular complexity index is 412. The molecule has 3 rings (SSSR count). The highest BCUT2D eigenvalue weighted by atomic mass is 32.2. The molecule has 104 valence electrons. The highest BCUT2D eigenvalue weighted by molar-refractivity contribution is 7.92. The normalized spacial score (nSPS) is 42.4. The quantitative estimate of drug-likeness (QED) is 0.735. The molecule has 1 saturated heterocycles. The molecular weight excluding hydrogens is 246 g/mol. The first-order valence-corrected chi connectivity index (χ1v) is 9.11. The molecule has 0 amide bonds. The Kier molecular flexibility index (Phi) is 3.22. The monoisotopic (exact) mass is 271 g/mol. The van der Waals surface area contributed by atoms with Gasteiger partial charge in [0.2, 0.25) is 0 Å². The average molecular weight is 271 g/mol. The fraction of sp³-hybridized carbons (Fsp3) is 1.00. The zero-order valence-corrected chi connectivity index (χ0v) is 12.1. The van der Waals surface area contributed by atoms with Gasteiger partial charge >= 0.3 is 0 Å². The molecular formula is C14H25NO2S. The Hall–Kier alpha value is -0.0900. The van der Waals surface area contributed by atoms with Gasteiger partial charge in [0.15, 0.2) is 9.84 Å². The van der Waals surface area contributed by atoms with Crippen LogP contribution in [0.4, 0.5) is 0 Å². The van der Waals surface area contributed by atoms with Crippen molar-refractivity contribution in [3.05, 3.63) is 0 Å². The van der Waals surface area contributed by atoms with E-state index in [9.17, 15) is 8.42 Å². The number of nitrogens with one attached hydrogen (secondary N) is 1. The van der Waals surface area contributed by atoms with Gasteiger partial charge in [0.05, 0.1) is 10.5 Å². The van der Waals surface area contributed by atoms with Crippen LogP contribution in [0.25, 0.3) is 0 Å². The third-order valence-corrected chi connectivity index (χ3v) is 8.37. The van der Waals surface area contributed by atoms with Crippen molar-refractivity contribution in [3.63, 3.8) is 0 Å². The topological polar surface area (TPSA) is 46.2 Å². The van der Waals surface area contributed by atoms with E-state index in [1.54, 1.807) is 0 Å². The van der Waals surface area contributed by atoms with Crippen molar-refractivity contribution < 1.29 is 8.42 Å². The van der Waals surface area contributed by atoms with Gasteiger partial charge in [-0.15, -0.1) is 0 Å². The van der Waals surface area contributed by atoms with Crippen LogP contribution >= 0.6 is 0 Å². The van der Waals surface area contributed by atoms with E-state index in [-0.39, 0.29) is 16.5 Å². The highest BCUT2D eigenvalue weighted by Crippen LogP contribution is 2.51. The lowest BCUT2D eigenvalue weighted by molar-refractivity contribution is 0.173. The third-order valence-electron chi connectivity index (χ3n) is 5.67. The van der Waals surface area contributed by atoms with Crippen LogP contribution in [0.15, 0.2) is 0 Å². The predicted molar refractivity (Wildman–Crippen MR) is 73.3 cm³/mol. The molecule has 1 heterocycles. The fourth-order valence-corrected chi connectivity index (χ4v) is 6.73. The summed E-state index contributed by atoms with van der Waals surface area (Å²) in [5.41, 5.74) is 0.375. The molecule has 3 fully saturated rings. The van der Waals surface area contributed by atoms with Crippen molar-refractivity contribution >= 4 is 9.84 Å². The second kappa shape index (κ2) is 4.48. The Morgan fingerprint density at radius 2 is 1.83 bits per heavy atom. The molecule has 4 heteroatoms. The number of hydrogen-bond donors (Lipinski definition) is 1. The molecule has 3 unspecified atom stereocenters. The second-order valence-electron chi connectivity index (χ2n) is 6.74. The number of fused-ring (bicyclic) bond motifs is 1. The van der Waals surface area contributed by atoms with Gasteiger partial charge in [0.1, 0.15) is 0 Å². The van der Waals surface area contributed by atoms with E-state index in [0.29, 0.717) is 5.41 Å². The average Bonchev–Trinajstić information content (AvgIpc) is 2.75. The van der Waals surface area contributed by atoms with Gasteiger partial charge in [-0.3, -0.25) is 0 Å². The number of sulfone groups is 1. The minimum absolute atomic E-state index is 0.109. The van der Waals surface area contributed by atoms with Crippen molar-refractivity contribution in [1.29, 1.82) is 0 Å². The van der Waals surface area contributed by atoms with Gasteiger partial charge in [0.25, 0.3) is 0 Å².